The molecule has 1 fully saturated rings. The lowest BCUT2D eigenvalue weighted by molar-refractivity contribution is 0.0931. The summed E-state index contributed by atoms with van der Waals surface area (Å²) in [5.74, 6) is 2.44. The third-order valence-electron chi connectivity index (χ3n) is 4.72. The molecule has 4 rings (SSSR count). The van der Waals surface area contributed by atoms with Gasteiger partial charge in [0.05, 0.1) is 21.9 Å². The Balaban J connectivity index is 1.51. The van der Waals surface area contributed by atoms with Gasteiger partial charge in [0, 0.05) is 23.5 Å². The third-order valence-corrected chi connectivity index (χ3v) is 4.95. The van der Waals surface area contributed by atoms with Crippen molar-refractivity contribution in [1.29, 1.82) is 0 Å². The van der Waals surface area contributed by atoms with E-state index in [0.717, 1.165) is 35.4 Å². The number of nitrogens with one attached hydrogen (secondary N) is 1. The van der Waals surface area contributed by atoms with Gasteiger partial charge in [-0.05, 0) is 60.9 Å². The van der Waals surface area contributed by atoms with Crippen molar-refractivity contribution >= 4 is 17.5 Å². The number of hydrogen-bond donors (Lipinski definition) is 1. The maximum Gasteiger partial charge on any atom is 0.251 e. The Bertz CT molecular complexity index is 1020. The second kappa shape index (κ2) is 6.86. The van der Waals surface area contributed by atoms with Crippen molar-refractivity contribution in [2.75, 3.05) is 0 Å². The van der Waals surface area contributed by atoms with E-state index in [0.29, 0.717) is 10.6 Å². The molecule has 0 radical (unpaired) electrons. The first kappa shape index (κ1) is 17.3. The van der Waals surface area contributed by atoms with Crippen molar-refractivity contribution in [1.82, 2.24) is 15.3 Å². The van der Waals surface area contributed by atoms with Gasteiger partial charge in [0.2, 0.25) is 0 Å². The first-order valence-electron chi connectivity index (χ1n) is 8.57. The van der Waals surface area contributed by atoms with Crippen molar-refractivity contribution in [3.63, 3.8) is 0 Å². The Hall–Kier alpha value is -3.16. The van der Waals surface area contributed by atoms with Crippen LogP contribution < -0.4 is 5.32 Å². The first-order valence-corrected chi connectivity index (χ1v) is 8.95. The number of amides is 1. The molecule has 1 saturated carbocycles. The minimum absolute atomic E-state index is 0.112. The summed E-state index contributed by atoms with van der Waals surface area (Å²) in [7, 11) is 0. The Morgan fingerprint density at radius 3 is 2.19 bits per heavy atom. The van der Waals surface area contributed by atoms with Gasteiger partial charge in [0.1, 0.15) is 0 Å². The summed E-state index contributed by atoms with van der Waals surface area (Å²) in [6.07, 6.45) is 10.5. The predicted molar refractivity (Wildman–Crippen MR) is 105 cm³/mol. The topological polar surface area (TPSA) is 54.9 Å². The number of halogens is 1. The zero-order valence-electron chi connectivity index (χ0n) is 14.4. The molecule has 1 aliphatic rings. The highest BCUT2D eigenvalue weighted by molar-refractivity contribution is 6.30. The number of carbonyl (C=O) groups excluding carboxylic acids is 1. The summed E-state index contributed by atoms with van der Waals surface area (Å²) in [5, 5.41) is 3.73. The summed E-state index contributed by atoms with van der Waals surface area (Å²) >= 11 is 5.88. The maximum absolute atomic E-state index is 12.6. The van der Waals surface area contributed by atoms with Crippen LogP contribution in [-0.2, 0) is 5.54 Å². The summed E-state index contributed by atoms with van der Waals surface area (Å²) in [6.45, 7) is 0. The van der Waals surface area contributed by atoms with Crippen LogP contribution in [0.15, 0.2) is 60.9 Å². The van der Waals surface area contributed by atoms with Crippen molar-refractivity contribution in [3.05, 3.63) is 82.6 Å². The molecule has 1 aromatic carbocycles. The van der Waals surface area contributed by atoms with E-state index in [1.54, 1.807) is 42.7 Å². The van der Waals surface area contributed by atoms with Crippen LogP contribution in [0, 0.1) is 12.3 Å². The van der Waals surface area contributed by atoms with Crippen molar-refractivity contribution in [2.24, 2.45) is 0 Å². The Morgan fingerprint density at radius 1 is 1.00 bits per heavy atom. The molecule has 0 unspecified atom stereocenters. The second-order valence-electron chi connectivity index (χ2n) is 6.55. The molecule has 2 aromatic heterocycles. The lowest BCUT2D eigenvalue weighted by atomic mass is 10.0. The van der Waals surface area contributed by atoms with Crippen LogP contribution >= 0.6 is 11.6 Å². The van der Waals surface area contributed by atoms with Gasteiger partial charge in [0.25, 0.3) is 5.91 Å². The van der Waals surface area contributed by atoms with Gasteiger partial charge in [-0.3, -0.25) is 14.8 Å². The third kappa shape index (κ3) is 3.55. The largest absolute Gasteiger partial charge is 0.342 e. The summed E-state index contributed by atoms with van der Waals surface area (Å²) in [6, 6.07) is 14.6. The van der Waals surface area contributed by atoms with Gasteiger partial charge in [0.15, 0.2) is 0 Å². The number of aromatic nitrogens is 2. The molecule has 132 valence electrons. The van der Waals surface area contributed by atoms with E-state index in [4.69, 9.17) is 18.0 Å². The molecule has 0 atom stereocenters. The molecule has 0 aliphatic heterocycles. The molecule has 0 spiro atoms. The van der Waals surface area contributed by atoms with Gasteiger partial charge in [-0.25, -0.2) is 0 Å². The molecule has 2 heterocycles. The van der Waals surface area contributed by atoms with E-state index in [-0.39, 0.29) is 11.4 Å². The average Bonchev–Trinajstić information content (AvgIpc) is 3.49. The molecule has 0 saturated heterocycles. The highest BCUT2D eigenvalue weighted by Gasteiger charge is 2.46. The fourth-order valence-corrected chi connectivity index (χ4v) is 3.09. The van der Waals surface area contributed by atoms with E-state index < -0.39 is 0 Å². The minimum Gasteiger partial charge on any atom is -0.342 e. The normalized spacial score (nSPS) is 14.2. The van der Waals surface area contributed by atoms with Gasteiger partial charge >= 0.3 is 0 Å². The van der Waals surface area contributed by atoms with Gasteiger partial charge < -0.3 is 5.32 Å². The van der Waals surface area contributed by atoms with E-state index in [1.807, 2.05) is 18.2 Å². The van der Waals surface area contributed by atoms with E-state index >= 15 is 0 Å². The number of nitrogens with zero attached hydrogens (tertiary/aromatic N) is 2. The highest BCUT2D eigenvalue weighted by Crippen LogP contribution is 2.45. The second-order valence-corrected chi connectivity index (χ2v) is 6.99. The first-order chi connectivity index (χ1) is 13.1. The number of pyridine rings is 2. The fourth-order valence-electron chi connectivity index (χ4n) is 2.97. The number of hydrogen-bond acceptors (Lipinski definition) is 3. The van der Waals surface area contributed by atoms with Gasteiger partial charge in [-0.1, -0.05) is 23.6 Å². The van der Waals surface area contributed by atoms with Crippen molar-refractivity contribution in [3.8, 4) is 23.7 Å². The van der Waals surface area contributed by atoms with Gasteiger partial charge in [-0.2, -0.15) is 0 Å². The molecular weight excluding hydrogens is 358 g/mol. The molecule has 4 nitrogen and oxygen atoms in total. The van der Waals surface area contributed by atoms with Crippen LogP contribution in [0.2, 0.25) is 5.02 Å². The summed E-state index contributed by atoms with van der Waals surface area (Å²) < 4.78 is 0. The Labute approximate surface area is 162 Å². The molecule has 0 bridgehead atoms. The number of terminal acetylenes is 1. The maximum atomic E-state index is 12.6. The number of carbonyl (C=O) groups is 1. The number of benzene rings is 1. The Morgan fingerprint density at radius 2 is 1.67 bits per heavy atom. The zero-order valence-corrected chi connectivity index (χ0v) is 15.2. The smallest absolute Gasteiger partial charge is 0.251 e. The molecule has 1 amide bonds. The zero-order chi connectivity index (χ0) is 18.9. The predicted octanol–water partition coefficient (Wildman–Crippen LogP) is 4.20. The minimum atomic E-state index is -0.346. The molecule has 1 aliphatic carbocycles. The van der Waals surface area contributed by atoms with Crippen molar-refractivity contribution < 1.29 is 4.79 Å². The molecule has 27 heavy (non-hydrogen) atoms. The van der Waals surface area contributed by atoms with Crippen LogP contribution in [0.5, 0.6) is 0 Å². The van der Waals surface area contributed by atoms with Crippen LogP contribution in [0.3, 0.4) is 0 Å². The molecular formula is C22H16ClN3O. The van der Waals surface area contributed by atoms with Crippen LogP contribution in [0.1, 0.15) is 34.3 Å². The van der Waals surface area contributed by atoms with E-state index in [2.05, 4.69) is 21.2 Å². The van der Waals surface area contributed by atoms with E-state index in [1.165, 1.54) is 0 Å². The summed E-state index contributed by atoms with van der Waals surface area (Å²) in [4.78, 5) is 21.4. The van der Waals surface area contributed by atoms with Crippen LogP contribution in [0.4, 0.5) is 0 Å². The lowest BCUT2D eigenvalue weighted by Gasteiger charge is -2.18. The lowest BCUT2D eigenvalue weighted by Crippen LogP contribution is -2.34. The quantitative estimate of drug-likeness (QED) is 0.697. The average molecular weight is 374 g/mol. The van der Waals surface area contributed by atoms with Crippen LogP contribution in [0.25, 0.3) is 11.4 Å². The fraction of sp³-hybridized carbons (Fsp3) is 0.136. The van der Waals surface area contributed by atoms with Gasteiger partial charge in [-0.15, -0.1) is 6.42 Å². The molecule has 1 N–H and O–H groups in total. The van der Waals surface area contributed by atoms with E-state index in [9.17, 15) is 4.79 Å². The van der Waals surface area contributed by atoms with Crippen molar-refractivity contribution in [2.45, 2.75) is 18.4 Å². The molecule has 5 heteroatoms. The Kier molecular flexibility index (Phi) is 4.39. The monoisotopic (exact) mass is 373 g/mol. The number of rotatable bonds is 4. The SMILES string of the molecule is C#Cc1ccc(C(=O)NC2(c3ccc(-c4ccc(Cl)cn4)nc3)CC2)cc1. The molecule has 3 aromatic rings. The standard InChI is InChI=1S/C22H16ClN3O/c1-2-15-3-5-16(6-4-15)21(27)26-22(11-12-22)17-7-9-19(24-13-17)20-10-8-18(23)14-25-20/h1,3-10,13-14H,11-12H2,(H,26,27). The highest BCUT2D eigenvalue weighted by atomic mass is 35.5. The van der Waals surface area contributed by atoms with Crippen LogP contribution in [-0.4, -0.2) is 15.9 Å². The summed E-state index contributed by atoms with van der Waals surface area (Å²) in [5.41, 5.74) is 3.52.